The highest BCUT2D eigenvalue weighted by molar-refractivity contribution is 5.45. The van der Waals surface area contributed by atoms with Crippen LogP contribution in [0.3, 0.4) is 0 Å². The Labute approximate surface area is 104 Å². The molecule has 1 fully saturated rings. The summed E-state index contributed by atoms with van der Waals surface area (Å²) in [6, 6.07) is 2.78. The Morgan fingerprint density at radius 3 is 2.65 bits per heavy atom. The van der Waals surface area contributed by atoms with Gasteiger partial charge in [0.25, 0.3) is 0 Å². The van der Waals surface area contributed by atoms with Gasteiger partial charge in [-0.1, -0.05) is 13.0 Å². The van der Waals surface area contributed by atoms with E-state index >= 15 is 0 Å². The van der Waals surface area contributed by atoms with E-state index in [1.807, 2.05) is 6.20 Å². The third-order valence-electron chi connectivity index (χ3n) is 3.59. The molecule has 1 saturated heterocycles. The number of nitrogens with zero attached hydrogens (tertiary/aromatic N) is 2. The van der Waals surface area contributed by atoms with Crippen LogP contribution >= 0.6 is 0 Å². The van der Waals surface area contributed by atoms with Gasteiger partial charge in [-0.05, 0) is 44.4 Å². The van der Waals surface area contributed by atoms with Crippen molar-refractivity contribution in [1.82, 2.24) is 9.88 Å². The topological polar surface area (TPSA) is 28.2 Å². The molecular weight excluding hydrogens is 210 g/mol. The van der Waals surface area contributed by atoms with E-state index in [4.69, 9.17) is 0 Å². The smallest absolute Gasteiger partial charge is 0.129 e. The van der Waals surface area contributed by atoms with E-state index in [1.165, 1.54) is 43.6 Å². The van der Waals surface area contributed by atoms with Crippen LogP contribution in [0.15, 0.2) is 12.3 Å². The maximum atomic E-state index is 4.49. The Hall–Kier alpha value is -1.09. The molecule has 0 bridgehead atoms. The maximum absolute atomic E-state index is 4.49. The summed E-state index contributed by atoms with van der Waals surface area (Å²) in [6.45, 7) is 10.0. The number of nitrogens with one attached hydrogen (secondary N) is 1. The normalized spacial score (nSPS) is 18.3. The van der Waals surface area contributed by atoms with E-state index < -0.39 is 0 Å². The number of hydrogen-bond donors (Lipinski definition) is 1. The molecule has 0 saturated carbocycles. The summed E-state index contributed by atoms with van der Waals surface area (Å²) >= 11 is 0. The molecular formula is C14H23N3. The predicted molar refractivity (Wildman–Crippen MR) is 72.5 cm³/mol. The average Bonchev–Trinajstić information content (AvgIpc) is 2.34. The summed E-state index contributed by atoms with van der Waals surface area (Å²) in [4.78, 5) is 6.99. The zero-order valence-corrected chi connectivity index (χ0v) is 11.2. The summed E-state index contributed by atoms with van der Waals surface area (Å²) in [7, 11) is 0. The standard InChI is InChI=1S/C14H23N3/c1-4-17-7-5-13(6-8-17)16-14-12(3)9-11(2)10-15-14/h9-10,13H,4-8H2,1-3H3,(H,15,16). The van der Waals surface area contributed by atoms with Crippen molar-refractivity contribution in [3.8, 4) is 0 Å². The highest BCUT2D eigenvalue weighted by Gasteiger charge is 2.18. The number of rotatable bonds is 3. The first-order chi connectivity index (χ1) is 8.19. The van der Waals surface area contributed by atoms with Crippen molar-refractivity contribution in [2.45, 2.75) is 39.7 Å². The molecule has 2 heterocycles. The fourth-order valence-corrected chi connectivity index (χ4v) is 2.45. The van der Waals surface area contributed by atoms with Gasteiger partial charge < -0.3 is 10.2 Å². The highest BCUT2D eigenvalue weighted by Crippen LogP contribution is 2.18. The van der Waals surface area contributed by atoms with Gasteiger partial charge >= 0.3 is 0 Å². The molecule has 1 aromatic rings. The number of piperidine rings is 1. The van der Waals surface area contributed by atoms with E-state index in [0.29, 0.717) is 6.04 Å². The van der Waals surface area contributed by atoms with Gasteiger partial charge in [0.05, 0.1) is 0 Å². The van der Waals surface area contributed by atoms with Crippen LogP contribution in [-0.2, 0) is 0 Å². The molecule has 0 atom stereocenters. The molecule has 0 spiro atoms. The van der Waals surface area contributed by atoms with Crippen LogP contribution in [0.5, 0.6) is 0 Å². The van der Waals surface area contributed by atoms with Gasteiger partial charge in [-0.25, -0.2) is 4.98 Å². The number of pyridine rings is 1. The number of likely N-dealkylation sites (tertiary alicyclic amines) is 1. The number of hydrogen-bond acceptors (Lipinski definition) is 3. The maximum Gasteiger partial charge on any atom is 0.129 e. The second-order valence-electron chi connectivity index (χ2n) is 5.03. The largest absolute Gasteiger partial charge is 0.367 e. The van der Waals surface area contributed by atoms with Crippen molar-refractivity contribution < 1.29 is 0 Å². The van der Waals surface area contributed by atoms with Crippen LogP contribution in [0.4, 0.5) is 5.82 Å². The van der Waals surface area contributed by atoms with Crippen LogP contribution in [0.1, 0.15) is 30.9 Å². The van der Waals surface area contributed by atoms with Crippen molar-refractivity contribution in [3.05, 3.63) is 23.4 Å². The molecule has 3 nitrogen and oxygen atoms in total. The molecule has 1 aromatic heterocycles. The van der Waals surface area contributed by atoms with Gasteiger partial charge in [0.1, 0.15) is 5.82 Å². The monoisotopic (exact) mass is 233 g/mol. The molecule has 2 rings (SSSR count). The first-order valence-corrected chi connectivity index (χ1v) is 6.61. The van der Waals surface area contributed by atoms with Crippen molar-refractivity contribution in [3.63, 3.8) is 0 Å². The summed E-state index contributed by atoms with van der Waals surface area (Å²) in [6.07, 6.45) is 4.39. The van der Waals surface area contributed by atoms with Gasteiger partial charge in [-0.2, -0.15) is 0 Å². The van der Waals surface area contributed by atoms with Gasteiger partial charge in [0, 0.05) is 25.3 Å². The lowest BCUT2D eigenvalue weighted by Gasteiger charge is -2.32. The summed E-state index contributed by atoms with van der Waals surface area (Å²) in [5.41, 5.74) is 2.48. The van der Waals surface area contributed by atoms with Crippen LogP contribution in [0, 0.1) is 13.8 Å². The van der Waals surface area contributed by atoms with E-state index in [2.05, 4.69) is 42.0 Å². The molecule has 17 heavy (non-hydrogen) atoms. The quantitative estimate of drug-likeness (QED) is 0.870. The average molecular weight is 233 g/mol. The Morgan fingerprint density at radius 1 is 1.35 bits per heavy atom. The van der Waals surface area contributed by atoms with E-state index in [1.54, 1.807) is 0 Å². The lowest BCUT2D eigenvalue weighted by atomic mass is 10.0. The highest BCUT2D eigenvalue weighted by atomic mass is 15.1. The number of aryl methyl sites for hydroxylation is 2. The van der Waals surface area contributed by atoms with E-state index in [-0.39, 0.29) is 0 Å². The van der Waals surface area contributed by atoms with Crippen LogP contribution in [0.25, 0.3) is 0 Å². The lowest BCUT2D eigenvalue weighted by molar-refractivity contribution is 0.229. The molecule has 0 radical (unpaired) electrons. The van der Waals surface area contributed by atoms with Crippen LogP contribution < -0.4 is 5.32 Å². The fourth-order valence-electron chi connectivity index (χ4n) is 2.45. The third-order valence-corrected chi connectivity index (χ3v) is 3.59. The van der Waals surface area contributed by atoms with Gasteiger partial charge in [0.2, 0.25) is 0 Å². The molecule has 1 aliphatic rings. The van der Waals surface area contributed by atoms with Gasteiger partial charge in [-0.15, -0.1) is 0 Å². The molecule has 1 N–H and O–H groups in total. The molecule has 0 amide bonds. The van der Waals surface area contributed by atoms with Gasteiger partial charge in [-0.3, -0.25) is 0 Å². The Kier molecular flexibility index (Phi) is 4.00. The van der Waals surface area contributed by atoms with E-state index in [9.17, 15) is 0 Å². The minimum absolute atomic E-state index is 0.590. The van der Waals surface area contributed by atoms with Crippen molar-refractivity contribution in [2.75, 3.05) is 25.0 Å². The molecule has 1 aliphatic heterocycles. The summed E-state index contributed by atoms with van der Waals surface area (Å²) in [5.74, 6) is 1.06. The van der Waals surface area contributed by atoms with Crippen molar-refractivity contribution in [2.24, 2.45) is 0 Å². The van der Waals surface area contributed by atoms with Crippen LogP contribution in [-0.4, -0.2) is 35.6 Å². The Balaban J connectivity index is 1.93. The molecule has 3 heteroatoms. The van der Waals surface area contributed by atoms with Crippen LogP contribution in [0.2, 0.25) is 0 Å². The lowest BCUT2D eigenvalue weighted by Crippen LogP contribution is -2.39. The second-order valence-corrected chi connectivity index (χ2v) is 5.03. The van der Waals surface area contributed by atoms with Crippen molar-refractivity contribution in [1.29, 1.82) is 0 Å². The second kappa shape index (κ2) is 5.50. The van der Waals surface area contributed by atoms with Crippen molar-refractivity contribution >= 4 is 5.82 Å². The Bertz CT molecular complexity index is 368. The third kappa shape index (κ3) is 3.19. The summed E-state index contributed by atoms with van der Waals surface area (Å²) in [5, 5.41) is 3.58. The molecule has 0 aromatic carbocycles. The van der Waals surface area contributed by atoms with E-state index in [0.717, 1.165) is 5.82 Å². The zero-order valence-electron chi connectivity index (χ0n) is 11.2. The minimum atomic E-state index is 0.590. The Morgan fingerprint density at radius 2 is 2.06 bits per heavy atom. The predicted octanol–water partition coefficient (Wildman–Crippen LogP) is 2.59. The molecule has 94 valence electrons. The SMILES string of the molecule is CCN1CCC(Nc2ncc(C)cc2C)CC1. The fraction of sp³-hybridized carbons (Fsp3) is 0.643. The first kappa shape index (κ1) is 12.4. The minimum Gasteiger partial charge on any atom is -0.367 e. The first-order valence-electron chi connectivity index (χ1n) is 6.61. The number of anilines is 1. The molecule has 0 unspecified atom stereocenters. The summed E-state index contributed by atoms with van der Waals surface area (Å²) < 4.78 is 0. The zero-order chi connectivity index (χ0) is 12.3. The van der Waals surface area contributed by atoms with Gasteiger partial charge in [0.15, 0.2) is 0 Å². The molecule has 0 aliphatic carbocycles. The number of aromatic nitrogens is 1.